The lowest BCUT2D eigenvalue weighted by molar-refractivity contribution is 0.0704. The summed E-state index contributed by atoms with van der Waals surface area (Å²) in [4.78, 5) is 15.2. The van der Waals surface area contributed by atoms with Crippen LogP contribution in [0, 0.1) is 5.92 Å². The molecule has 0 radical (unpaired) electrons. The van der Waals surface area contributed by atoms with Crippen LogP contribution in [0.5, 0.6) is 0 Å². The van der Waals surface area contributed by atoms with Crippen molar-refractivity contribution in [2.75, 3.05) is 19.6 Å². The average Bonchev–Trinajstić information content (AvgIpc) is 3.32. The maximum absolute atomic E-state index is 13.0. The lowest BCUT2D eigenvalue weighted by atomic mass is 9.84. The first-order chi connectivity index (χ1) is 12.3. The van der Waals surface area contributed by atoms with Crippen LogP contribution in [0.15, 0.2) is 12.3 Å². The topological polar surface area (TPSA) is 50.2 Å². The first-order valence-electron chi connectivity index (χ1n) is 10.4. The summed E-state index contributed by atoms with van der Waals surface area (Å²) in [5.74, 6) is 0.985. The number of nitrogens with one attached hydrogen (secondary N) is 1. The van der Waals surface area contributed by atoms with Gasteiger partial charge in [0.2, 0.25) is 0 Å². The molecule has 1 aromatic rings. The van der Waals surface area contributed by atoms with Gasteiger partial charge in [-0.05, 0) is 50.6 Å². The molecular formula is C20H32N4O. The van der Waals surface area contributed by atoms with Crippen molar-refractivity contribution in [3.8, 4) is 0 Å². The molecule has 3 fully saturated rings. The largest absolute Gasteiger partial charge is 0.334 e. The summed E-state index contributed by atoms with van der Waals surface area (Å²) in [5, 5.41) is 8.07. The Bertz CT molecular complexity index is 572. The first kappa shape index (κ1) is 17.1. The van der Waals surface area contributed by atoms with E-state index in [9.17, 15) is 4.79 Å². The zero-order chi connectivity index (χ0) is 17.1. The number of hydrogen-bond acceptors (Lipinski definition) is 3. The van der Waals surface area contributed by atoms with Gasteiger partial charge in [0.25, 0.3) is 5.91 Å². The molecule has 5 heteroatoms. The van der Waals surface area contributed by atoms with Crippen LogP contribution in [0.2, 0.25) is 0 Å². The van der Waals surface area contributed by atoms with Crippen molar-refractivity contribution >= 4 is 5.91 Å². The summed E-state index contributed by atoms with van der Waals surface area (Å²) in [7, 11) is 0. The smallest absolute Gasteiger partial charge is 0.274 e. The molecule has 3 heterocycles. The van der Waals surface area contributed by atoms with Crippen LogP contribution in [-0.4, -0.2) is 46.3 Å². The molecule has 1 aliphatic carbocycles. The standard InChI is InChI=1S/C20H32N4O/c25-20(19-10-13-24(22-19)18-8-4-11-21-15-18)23-12-5-9-17(23)14-16-6-2-1-3-7-16/h10,13,16-18,21H,1-9,11-12,14-15H2. The van der Waals surface area contributed by atoms with Gasteiger partial charge in [-0.3, -0.25) is 9.48 Å². The average molecular weight is 345 g/mol. The molecule has 0 spiro atoms. The van der Waals surface area contributed by atoms with Gasteiger partial charge in [0, 0.05) is 25.3 Å². The number of amides is 1. The quantitative estimate of drug-likeness (QED) is 0.911. The number of likely N-dealkylation sites (tertiary alicyclic amines) is 1. The van der Waals surface area contributed by atoms with Crippen LogP contribution in [-0.2, 0) is 0 Å². The van der Waals surface area contributed by atoms with E-state index in [0.717, 1.165) is 38.4 Å². The third-order valence-corrected chi connectivity index (χ3v) is 6.44. The molecular weight excluding hydrogens is 312 g/mol. The summed E-state index contributed by atoms with van der Waals surface area (Å²) < 4.78 is 2.01. The Hall–Kier alpha value is -1.36. The second-order valence-electron chi connectivity index (χ2n) is 8.22. The molecule has 4 rings (SSSR count). The van der Waals surface area contributed by atoms with E-state index < -0.39 is 0 Å². The number of nitrogens with zero attached hydrogens (tertiary/aromatic N) is 3. The molecule has 0 bridgehead atoms. The van der Waals surface area contributed by atoms with Crippen LogP contribution in [0.4, 0.5) is 0 Å². The van der Waals surface area contributed by atoms with E-state index in [1.807, 2.05) is 16.9 Å². The van der Waals surface area contributed by atoms with Gasteiger partial charge in [-0.1, -0.05) is 32.1 Å². The Kier molecular flexibility index (Phi) is 5.39. The van der Waals surface area contributed by atoms with Gasteiger partial charge in [0.1, 0.15) is 5.69 Å². The minimum Gasteiger partial charge on any atom is -0.334 e. The molecule has 2 atom stereocenters. The normalized spacial score (nSPS) is 28.4. The second-order valence-corrected chi connectivity index (χ2v) is 8.22. The fraction of sp³-hybridized carbons (Fsp3) is 0.800. The van der Waals surface area contributed by atoms with Crippen LogP contribution in [0.1, 0.15) is 80.7 Å². The Morgan fingerprint density at radius 2 is 2.00 bits per heavy atom. The fourth-order valence-corrected chi connectivity index (χ4v) is 5.02. The Balaban J connectivity index is 1.39. The summed E-state index contributed by atoms with van der Waals surface area (Å²) in [6.45, 7) is 2.97. The van der Waals surface area contributed by atoms with E-state index in [1.165, 1.54) is 51.4 Å². The summed E-state index contributed by atoms with van der Waals surface area (Å²) in [5.41, 5.74) is 0.640. The van der Waals surface area contributed by atoms with Gasteiger partial charge in [-0.25, -0.2) is 0 Å². The summed E-state index contributed by atoms with van der Waals surface area (Å²) in [6, 6.07) is 2.76. The van der Waals surface area contributed by atoms with Gasteiger partial charge in [-0.2, -0.15) is 5.10 Å². The second kappa shape index (κ2) is 7.90. The van der Waals surface area contributed by atoms with Crippen molar-refractivity contribution in [1.82, 2.24) is 20.0 Å². The van der Waals surface area contributed by atoms with E-state index in [1.54, 1.807) is 0 Å². The third kappa shape index (κ3) is 3.91. The van der Waals surface area contributed by atoms with Gasteiger partial charge in [0.05, 0.1) is 6.04 Å². The highest BCUT2D eigenvalue weighted by atomic mass is 16.2. The summed E-state index contributed by atoms with van der Waals surface area (Å²) >= 11 is 0. The lowest BCUT2D eigenvalue weighted by Crippen LogP contribution is -2.37. The Morgan fingerprint density at radius 1 is 1.12 bits per heavy atom. The molecule has 5 nitrogen and oxygen atoms in total. The molecule has 1 amide bonds. The predicted molar refractivity (Wildman–Crippen MR) is 98.6 cm³/mol. The molecule has 1 aromatic heterocycles. The van der Waals surface area contributed by atoms with Crippen molar-refractivity contribution in [2.45, 2.75) is 76.3 Å². The number of aromatic nitrogens is 2. The highest BCUT2D eigenvalue weighted by Crippen LogP contribution is 2.32. The number of carbonyl (C=O) groups is 1. The maximum atomic E-state index is 13.0. The molecule has 1 saturated carbocycles. The zero-order valence-electron chi connectivity index (χ0n) is 15.3. The number of rotatable bonds is 4. The van der Waals surface area contributed by atoms with Crippen LogP contribution >= 0.6 is 0 Å². The van der Waals surface area contributed by atoms with Gasteiger partial charge in [0.15, 0.2) is 0 Å². The SMILES string of the molecule is O=C(c1ccn(C2CCCNC2)n1)N1CCCC1CC1CCCCC1. The van der Waals surface area contributed by atoms with E-state index in [-0.39, 0.29) is 5.91 Å². The highest BCUT2D eigenvalue weighted by molar-refractivity contribution is 5.92. The molecule has 25 heavy (non-hydrogen) atoms. The van der Waals surface area contributed by atoms with E-state index in [0.29, 0.717) is 17.8 Å². The number of piperidine rings is 1. The van der Waals surface area contributed by atoms with Gasteiger partial charge < -0.3 is 10.2 Å². The first-order valence-corrected chi connectivity index (χ1v) is 10.4. The minimum absolute atomic E-state index is 0.154. The monoisotopic (exact) mass is 344 g/mol. The van der Waals surface area contributed by atoms with Crippen molar-refractivity contribution in [2.24, 2.45) is 5.92 Å². The molecule has 3 aliphatic rings. The third-order valence-electron chi connectivity index (χ3n) is 6.44. The lowest BCUT2D eigenvalue weighted by Gasteiger charge is -2.30. The molecule has 138 valence electrons. The van der Waals surface area contributed by atoms with E-state index in [4.69, 9.17) is 0 Å². The van der Waals surface area contributed by atoms with Gasteiger partial charge >= 0.3 is 0 Å². The number of carbonyl (C=O) groups excluding carboxylic acids is 1. The van der Waals surface area contributed by atoms with Crippen molar-refractivity contribution in [3.63, 3.8) is 0 Å². The molecule has 2 unspecified atom stereocenters. The van der Waals surface area contributed by atoms with Gasteiger partial charge in [-0.15, -0.1) is 0 Å². The fourth-order valence-electron chi connectivity index (χ4n) is 5.02. The Morgan fingerprint density at radius 3 is 2.80 bits per heavy atom. The molecule has 2 aliphatic heterocycles. The van der Waals surface area contributed by atoms with Crippen molar-refractivity contribution in [1.29, 1.82) is 0 Å². The van der Waals surface area contributed by atoms with E-state index >= 15 is 0 Å². The van der Waals surface area contributed by atoms with E-state index in [2.05, 4.69) is 15.3 Å². The highest BCUT2D eigenvalue weighted by Gasteiger charge is 2.32. The van der Waals surface area contributed by atoms with Crippen molar-refractivity contribution < 1.29 is 4.79 Å². The zero-order valence-corrected chi connectivity index (χ0v) is 15.3. The Labute approximate surface area is 151 Å². The predicted octanol–water partition coefficient (Wildman–Crippen LogP) is 3.38. The minimum atomic E-state index is 0.154. The molecule has 1 N–H and O–H groups in total. The number of hydrogen-bond donors (Lipinski definition) is 1. The van der Waals surface area contributed by atoms with Crippen LogP contribution in [0.25, 0.3) is 0 Å². The van der Waals surface area contributed by atoms with Crippen LogP contribution in [0.3, 0.4) is 0 Å². The van der Waals surface area contributed by atoms with Crippen molar-refractivity contribution in [3.05, 3.63) is 18.0 Å². The molecule has 0 aromatic carbocycles. The summed E-state index contributed by atoms with van der Waals surface area (Å²) in [6.07, 6.45) is 14.7. The maximum Gasteiger partial charge on any atom is 0.274 e. The van der Waals surface area contributed by atoms with Crippen LogP contribution < -0.4 is 5.32 Å². The molecule has 2 saturated heterocycles.